The lowest BCUT2D eigenvalue weighted by molar-refractivity contribution is 0.0875. The zero-order valence-corrected chi connectivity index (χ0v) is 12.0. The van der Waals surface area contributed by atoms with Crippen LogP contribution in [0.4, 0.5) is 11.6 Å². The summed E-state index contributed by atoms with van der Waals surface area (Å²) in [6, 6.07) is 6.46. The summed E-state index contributed by atoms with van der Waals surface area (Å²) >= 11 is 1.74. The van der Waals surface area contributed by atoms with Gasteiger partial charge in [-0.25, -0.2) is 9.97 Å². The predicted molar refractivity (Wildman–Crippen MR) is 81.1 cm³/mol. The molecular formula is C14H18N4OS. The van der Waals surface area contributed by atoms with E-state index in [1.54, 1.807) is 17.7 Å². The Balaban J connectivity index is 1.57. The molecule has 1 saturated heterocycles. The van der Waals surface area contributed by atoms with Crippen LogP contribution < -0.4 is 10.6 Å². The third-order valence-corrected chi connectivity index (χ3v) is 4.08. The van der Waals surface area contributed by atoms with Crippen molar-refractivity contribution in [3.05, 3.63) is 34.8 Å². The molecule has 2 aromatic rings. The Morgan fingerprint density at radius 1 is 1.35 bits per heavy atom. The Morgan fingerprint density at radius 2 is 2.30 bits per heavy atom. The van der Waals surface area contributed by atoms with Gasteiger partial charge in [-0.15, -0.1) is 11.3 Å². The van der Waals surface area contributed by atoms with E-state index in [2.05, 4.69) is 38.1 Å². The van der Waals surface area contributed by atoms with Crippen molar-refractivity contribution >= 4 is 23.0 Å². The summed E-state index contributed by atoms with van der Waals surface area (Å²) in [5, 5.41) is 8.79. The normalized spacial score (nSPS) is 18.7. The van der Waals surface area contributed by atoms with Gasteiger partial charge in [-0.1, -0.05) is 6.07 Å². The summed E-state index contributed by atoms with van der Waals surface area (Å²) in [6.45, 7) is 2.41. The van der Waals surface area contributed by atoms with Gasteiger partial charge in [0.05, 0.1) is 19.2 Å². The van der Waals surface area contributed by atoms with E-state index in [1.807, 2.05) is 6.07 Å². The van der Waals surface area contributed by atoms with Gasteiger partial charge in [-0.3, -0.25) is 0 Å². The van der Waals surface area contributed by atoms with Gasteiger partial charge in [0.1, 0.15) is 18.0 Å². The smallest absolute Gasteiger partial charge is 0.131 e. The zero-order valence-electron chi connectivity index (χ0n) is 11.2. The standard InChI is InChI=1S/C14H18N4OS/c1-3-11(9-19-5-1)18-14-7-13(16-10-17-14)15-8-12-4-2-6-20-12/h2,4,6-7,10-11H,1,3,5,8-9H2,(H2,15,16,17,18)/t11-/m0/s1. The van der Waals surface area contributed by atoms with Gasteiger partial charge in [-0.2, -0.15) is 0 Å². The number of rotatable bonds is 5. The first kappa shape index (κ1) is 13.3. The molecule has 1 aliphatic heterocycles. The van der Waals surface area contributed by atoms with Crippen LogP contribution in [-0.4, -0.2) is 29.2 Å². The number of aromatic nitrogens is 2. The minimum Gasteiger partial charge on any atom is -0.379 e. The molecule has 0 saturated carbocycles. The van der Waals surface area contributed by atoms with Crippen LogP contribution in [0.2, 0.25) is 0 Å². The van der Waals surface area contributed by atoms with E-state index < -0.39 is 0 Å². The fraction of sp³-hybridized carbons (Fsp3) is 0.429. The second-order valence-electron chi connectivity index (χ2n) is 4.78. The van der Waals surface area contributed by atoms with Crippen molar-refractivity contribution in [2.45, 2.75) is 25.4 Å². The Hall–Kier alpha value is -1.66. The van der Waals surface area contributed by atoms with E-state index in [0.717, 1.165) is 44.2 Å². The average molecular weight is 290 g/mol. The second kappa shape index (κ2) is 6.67. The number of anilines is 2. The van der Waals surface area contributed by atoms with Crippen LogP contribution >= 0.6 is 11.3 Å². The first-order valence-corrected chi connectivity index (χ1v) is 7.71. The first-order valence-electron chi connectivity index (χ1n) is 6.83. The van der Waals surface area contributed by atoms with Crippen molar-refractivity contribution in [1.82, 2.24) is 9.97 Å². The van der Waals surface area contributed by atoms with Crippen molar-refractivity contribution in [3.8, 4) is 0 Å². The van der Waals surface area contributed by atoms with E-state index in [0.29, 0.717) is 6.04 Å². The van der Waals surface area contributed by atoms with Crippen LogP contribution in [-0.2, 0) is 11.3 Å². The third-order valence-electron chi connectivity index (χ3n) is 3.20. The highest BCUT2D eigenvalue weighted by Crippen LogP contribution is 2.16. The van der Waals surface area contributed by atoms with Crippen LogP contribution in [0.15, 0.2) is 29.9 Å². The van der Waals surface area contributed by atoms with Crippen molar-refractivity contribution in [3.63, 3.8) is 0 Å². The molecule has 0 amide bonds. The van der Waals surface area contributed by atoms with E-state index in [-0.39, 0.29) is 0 Å². The Morgan fingerprint density at radius 3 is 3.10 bits per heavy atom. The fourth-order valence-corrected chi connectivity index (χ4v) is 2.83. The van der Waals surface area contributed by atoms with Gasteiger partial charge in [0.15, 0.2) is 0 Å². The van der Waals surface area contributed by atoms with E-state index in [9.17, 15) is 0 Å². The van der Waals surface area contributed by atoms with Gasteiger partial charge >= 0.3 is 0 Å². The molecular weight excluding hydrogens is 272 g/mol. The van der Waals surface area contributed by atoms with Gasteiger partial charge in [-0.05, 0) is 24.3 Å². The average Bonchev–Trinajstić information content (AvgIpc) is 3.00. The molecule has 0 aromatic carbocycles. The van der Waals surface area contributed by atoms with Crippen LogP contribution in [0, 0.1) is 0 Å². The maximum absolute atomic E-state index is 5.46. The van der Waals surface area contributed by atoms with Gasteiger partial charge in [0.2, 0.25) is 0 Å². The molecule has 106 valence electrons. The summed E-state index contributed by atoms with van der Waals surface area (Å²) in [7, 11) is 0. The minimum atomic E-state index is 0.351. The molecule has 0 bridgehead atoms. The van der Waals surface area contributed by atoms with Gasteiger partial charge in [0.25, 0.3) is 0 Å². The van der Waals surface area contributed by atoms with Crippen molar-refractivity contribution in [2.75, 3.05) is 23.8 Å². The second-order valence-corrected chi connectivity index (χ2v) is 5.81. The largest absolute Gasteiger partial charge is 0.379 e. The maximum Gasteiger partial charge on any atom is 0.131 e. The molecule has 0 spiro atoms. The van der Waals surface area contributed by atoms with E-state index >= 15 is 0 Å². The lowest BCUT2D eigenvalue weighted by atomic mass is 10.1. The van der Waals surface area contributed by atoms with E-state index in [1.165, 1.54) is 4.88 Å². The Bertz CT molecular complexity index is 526. The van der Waals surface area contributed by atoms with Crippen LogP contribution in [0.25, 0.3) is 0 Å². The van der Waals surface area contributed by atoms with E-state index in [4.69, 9.17) is 4.74 Å². The summed E-state index contributed by atoms with van der Waals surface area (Å²) in [4.78, 5) is 9.80. The zero-order chi connectivity index (χ0) is 13.6. The monoisotopic (exact) mass is 290 g/mol. The van der Waals surface area contributed by atoms with Crippen LogP contribution in [0.3, 0.4) is 0 Å². The molecule has 0 aliphatic carbocycles. The molecule has 1 aliphatic rings. The topological polar surface area (TPSA) is 59.1 Å². The van der Waals surface area contributed by atoms with Gasteiger partial charge in [0, 0.05) is 17.6 Å². The molecule has 3 heterocycles. The molecule has 6 heteroatoms. The maximum atomic E-state index is 5.46. The fourth-order valence-electron chi connectivity index (χ4n) is 2.19. The number of nitrogens with zero attached hydrogens (tertiary/aromatic N) is 2. The SMILES string of the molecule is c1csc(CNc2cc(N[C@H]3CCCOC3)ncn2)c1. The molecule has 3 rings (SSSR count). The summed E-state index contributed by atoms with van der Waals surface area (Å²) in [5.41, 5.74) is 0. The summed E-state index contributed by atoms with van der Waals surface area (Å²) in [5.74, 6) is 1.69. The molecule has 2 aromatic heterocycles. The number of hydrogen-bond acceptors (Lipinski definition) is 6. The number of hydrogen-bond donors (Lipinski definition) is 2. The van der Waals surface area contributed by atoms with Crippen molar-refractivity contribution in [1.29, 1.82) is 0 Å². The molecule has 1 fully saturated rings. The quantitative estimate of drug-likeness (QED) is 0.886. The molecule has 5 nitrogen and oxygen atoms in total. The van der Waals surface area contributed by atoms with Gasteiger partial charge < -0.3 is 15.4 Å². The van der Waals surface area contributed by atoms with Crippen LogP contribution in [0.5, 0.6) is 0 Å². The highest BCUT2D eigenvalue weighted by atomic mass is 32.1. The molecule has 0 radical (unpaired) electrons. The lowest BCUT2D eigenvalue weighted by Gasteiger charge is -2.23. The Labute approximate surface area is 122 Å². The number of thiophene rings is 1. The molecule has 0 unspecified atom stereocenters. The van der Waals surface area contributed by atoms with Crippen molar-refractivity contribution < 1.29 is 4.74 Å². The first-order chi connectivity index (χ1) is 9.90. The minimum absolute atomic E-state index is 0.351. The molecule has 2 N–H and O–H groups in total. The highest BCUT2D eigenvalue weighted by Gasteiger charge is 2.14. The number of ether oxygens (including phenoxy) is 1. The predicted octanol–water partition coefficient (Wildman–Crippen LogP) is 2.74. The molecule has 1 atom stereocenters. The molecule has 20 heavy (non-hydrogen) atoms. The summed E-state index contributed by atoms with van der Waals surface area (Å²) < 4.78 is 5.46. The highest BCUT2D eigenvalue weighted by molar-refractivity contribution is 7.09. The Kier molecular flexibility index (Phi) is 4.45. The van der Waals surface area contributed by atoms with Crippen LogP contribution in [0.1, 0.15) is 17.7 Å². The lowest BCUT2D eigenvalue weighted by Crippen LogP contribution is -2.30. The van der Waals surface area contributed by atoms with Crippen molar-refractivity contribution in [2.24, 2.45) is 0 Å². The summed E-state index contributed by atoms with van der Waals surface area (Å²) in [6.07, 6.45) is 3.82. The number of nitrogens with one attached hydrogen (secondary N) is 2. The third kappa shape index (κ3) is 3.68.